The first-order valence-electron chi connectivity index (χ1n) is 8.55. The first-order valence-corrected chi connectivity index (χ1v) is 8.55. The maximum atomic E-state index is 12.3. The molecule has 5 heteroatoms. The van der Waals surface area contributed by atoms with E-state index in [1.54, 1.807) is 0 Å². The summed E-state index contributed by atoms with van der Waals surface area (Å²) in [5.41, 5.74) is 3.04. The summed E-state index contributed by atoms with van der Waals surface area (Å²) in [5, 5.41) is 8.15. The quantitative estimate of drug-likeness (QED) is 0.778. The molecule has 0 spiro atoms. The Balaban J connectivity index is 1.59. The molecule has 5 nitrogen and oxygen atoms in total. The highest BCUT2D eigenvalue weighted by Gasteiger charge is 2.40. The molecule has 124 valence electrons. The molecule has 1 aliphatic heterocycles. The van der Waals surface area contributed by atoms with E-state index in [0.717, 1.165) is 29.7 Å². The van der Waals surface area contributed by atoms with Gasteiger partial charge in [-0.05, 0) is 49.9 Å². The van der Waals surface area contributed by atoms with Crippen molar-refractivity contribution in [1.82, 2.24) is 5.32 Å². The number of hydrogen-bond donors (Lipinski definition) is 3. The number of fused-ring (bicyclic) bond motifs is 1. The van der Waals surface area contributed by atoms with Crippen molar-refractivity contribution in [1.29, 1.82) is 0 Å². The summed E-state index contributed by atoms with van der Waals surface area (Å²) in [6, 6.07) is 6.39. The van der Waals surface area contributed by atoms with Crippen molar-refractivity contribution in [2.24, 2.45) is 0 Å². The molecule has 3 rings (SSSR count). The fourth-order valence-corrected chi connectivity index (χ4v) is 3.86. The van der Waals surface area contributed by atoms with Gasteiger partial charge in [0.2, 0.25) is 5.91 Å². The molecule has 23 heavy (non-hydrogen) atoms. The fraction of sp³-hybridized carbons (Fsp3) is 0.556. The van der Waals surface area contributed by atoms with Crippen LogP contribution in [0.3, 0.4) is 0 Å². The third kappa shape index (κ3) is 3.91. The van der Waals surface area contributed by atoms with Crippen LogP contribution in [0, 0.1) is 13.8 Å². The van der Waals surface area contributed by atoms with Gasteiger partial charge in [0, 0.05) is 12.1 Å². The molecule has 1 aromatic rings. The predicted molar refractivity (Wildman–Crippen MR) is 89.1 cm³/mol. The molecule has 1 saturated heterocycles. The molecule has 0 aromatic heterocycles. The van der Waals surface area contributed by atoms with E-state index in [2.05, 4.69) is 22.0 Å². The molecule has 3 atom stereocenters. The van der Waals surface area contributed by atoms with Crippen molar-refractivity contribution in [2.75, 3.05) is 5.32 Å². The second-order valence-electron chi connectivity index (χ2n) is 6.99. The summed E-state index contributed by atoms with van der Waals surface area (Å²) in [7, 11) is 0. The van der Waals surface area contributed by atoms with Crippen LogP contribution in [-0.2, 0) is 9.59 Å². The minimum Gasteiger partial charge on any atom is -0.342 e. The first-order chi connectivity index (χ1) is 11.0. The minimum absolute atomic E-state index is 0.00345. The molecule has 1 aliphatic carbocycles. The number of nitrogens with two attached hydrogens (primary N) is 1. The Morgan fingerprint density at radius 2 is 1.91 bits per heavy atom. The SMILES string of the molecule is Cc1cc(C)cc(NC(=O)C[C@@H]2[NH2+][C@H]3CCCC[C@H]3NC2=O)c1. The van der Waals surface area contributed by atoms with E-state index in [0.29, 0.717) is 6.04 Å². The lowest BCUT2D eigenvalue weighted by atomic mass is 9.87. The number of piperazine rings is 1. The van der Waals surface area contributed by atoms with Crippen molar-refractivity contribution in [3.05, 3.63) is 29.3 Å². The van der Waals surface area contributed by atoms with Crippen LogP contribution in [0.1, 0.15) is 43.2 Å². The fourth-order valence-electron chi connectivity index (χ4n) is 3.86. The standard InChI is InChI=1S/C18H25N3O2/c1-11-7-12(2)9-13(8-11)19-17(22)10-16-18(23)21-15-6-4-3-5-14(15)20-16/h7-9,14-16,20H,3-6,10H2,1-2H3,(H,19,22)(H,21,23)/p+1/t14-,15+,16-/m0/s1. The number of hydrogen-bond acceptors (Lipinski definition) is 2. The monoisotopic (exact) mass is 316 g/mol. The third-order valence-electron chi connectivity index (χ3n) is 4.87. The van der Waals surface area contributed by atoms with E-state index in [9.17, 15) is 9.59 Å². The smallest absolute Gasteiger partial charge is 0.279 e. The lowest BCUT2D eigenvalue weighted by Gasteiger charge is -2.37. The summed E-state index contributed by atoms with van der Waals surface area (Å²) < 4.78 is 0. The number of nitrogens with one attached hydrogen (secondary N) is 2. The van der Waals surface area contributed by atoms with Crippen molar-refractivity contribution >= 4 is 17.5 Å². The zero-order valence-electron chi connectivity index (χ0n) is 13.9. The average Bonchev–Trinajstić information content (AvgIpc) is 2.46. The van der Waals surface area contributed by atoms with E-state index in [4.69, 9.17) is 0 Å². The summed E-state index contributed by atoms with van der Waals surface area (Å²) in [6.45, 7) is 4.02. The number of aryl methyl sites for hydroxylation is 2. The minimum atomic E-state index is -0.305. The van der Waals surface area contributed by atoms with E-state index in [1.165, 1.54) is 12.8 Å². The Morgan fingerprint density at radius 1 is 1.22 bits per heavy atom. The highest BCUT2D eigenvalue weighted by atomic mass is 16.2. The molecular weight excluding hydrogens is 290 g/mol. The molecule has 4 N–H and O–H groups in total. The van der Waals surface area contributed by atoms with Crippen LogP contribution in [0.2, 0.25) is 0 Å². The van der Waals surface area contributed by atoms with Crippen molar-refractivity contribution in [3.8, 4) is 0 Å². The van der Waals surface area contributed by atoms with Crippen molar-refractivity contribution in [2.45, 2.75) is 64.1 Å². The number of benzene rings is 1. The third-order valence-corrected chi connectivity index (χ3v) is 4.87. The maximum Gasteiger partial charge on any atom is 0.279 e. The van der Waals surface area contributed by atoms with Gasteiger partial charge < -0.3 is 16.0 Å². The van der Waals surface area contributed by atoms with Crippen LogP contribution in [0.5, 0.6) is 0 Å². The van der Waals surface area contributed by atoms with Gasteiger partial charge in [0.05, 0.1) is 12.5 Å². The molecule has 1 saturated carbocycles. The number of carbonyl (C=O) groups is 2. The topological polar surface area (TPSA) is 74.8 Å². The Bertz CT molecular complexity index is 594. The van der Waals surface area contributed by atoms with Crippen LogP contribution in [0.25, 0.3) is 0 Å². The summed E-state index contributed by atoms with van der Waals surface area (Å²) in [6.07, 6.45) is 4.82. The van der Waals surface area contributed by atoms with Gasteiger partial charge in [-0.25, -0.2) is 0 Å². The lowest BCUT2D eigenvalue weighted by molar-refractivity contribution is -0.718. The van der Waals surface area contributed by atoms with Crippen molar-refractivity contribution < 1.29 is 14.9 Å². The van der Waals surface area contributed by atoms with Crippen LogP contribution < -0.4 is 16.0 Å². The highest BCUT2D eigenvalue weighted by molar-refractivity contribution is 5.95. The average molecular weight is 316 g/mol. The van der Waals surface area contributed by atoms with Gasteiger partial charge in [-0.3, -0.25) is 9.59 Å². The number of anilines is 1. The molecule has 2 fully saturated rings. The van der Waals surface area contributed by atoms with Gasteiger partial charge in [0.1, 0.15) is 6.04 Å². The number of rotatable bonds is 3. The van der Waals surface area contributed by atoms with Crippen LogP contribution in [0.15, 0.2) is 18.2 Å². The van der Waals surface area contributed by atoms with Gasteiger partial charge in [-0.2, -0.15) is 0 Å². The molecule has 2 aliphatic rings. The number of quaternary nitrogens is 1. The van der Waals surface area contributed by atoms with Gasteiger partial charge >= 0.3 is 0 Å². The van der Waals surface area contributed by atoms with Crippen LogP contribution >= 0.6 is 0 Å². The molecule has 0 unspecified atom stereocenters. The van der Waals surface area contributed by atoms with Crippen LogP contribution in [-0.4, -0.2) is 29.9 Å². The second kappa shape index (κ2) is 6.71. The normalized spacial score (nSPS) is 27.0. The van der Waals surface area contributed by atoms with Gasteiger partial charge in [0.15, 0.2) is 6.04 Å². The summed E-state index contributed by atoms with van der Waals surface area (Å²) >= 11 is 0. The van der Waals surface area contributed by atoms with Crippen molar-refractivity contribution in [3.63, 3.8) is 0 Å². The van der Waals surface area contributed by atoms with Crippen LogP contribution in [0.4, 0.5) is 5.69 Å². The molecule has 2 amide bonds. The molecule has 0 radical (unpaired) electrons. The molecule has 1 aromatic carbocycles. The van der Waals surface area contributed by atoms with Gasteiger partial charge in [0.25, 0.3) is 5.91 Å². The largest absolute Gasteiger partial charge is 0.342 e. The Hall–Kier alpha value is -1.88. The summed E-state index contributed by atoms with van der Waals surface area (Å²) in [5.74, 6) is -0.0932. The van der Waals surface area contributed by atoms with E-state index < -0.39 is 0 Å². The highest BCUT2D eigenvalue weighted by Crippen LogP contribution is 2.19. The number of amides is 2. The molecular formula is C18H26N3O2+. The van der Waals surface area contributed by atoms with E-state index in [-0.39, 0.29) is 30.3 Å². The van der Waals surface area contributed by atoms with Gasteiger partial charge in [-0.1, -0.05) is 12.5 Å². The molecule has 0 bridgehead atoms. The van der Waals surface area contributed by atoms with Gasteiger partial charge in [-0.15, -0.1) is 0 Å². The molecule has 1 heterocycles. The Labute approximate surface area is 137 Å². The summed E-state index contributed by atoms with van der Waals surface area (Å²) in [4.78, 5) is 24.5. The number of carbonyl (C=O) groups excluding carboxylic acids is 2. The maximum absolute atomic E-state index is 12.3. The first kappa shape index (κ1) is 16.0. The Kier molecular flexibility index (Phi) is 4.66. The predicted octanol–water partition coefficient (Wildman–Crippen LogP) is 1.01. The zero-order valence-corrected chi connectivity index (χ0v) is 13.9. The van der Waals surface area contributed by atoms with E-state index in [1.807, 2.05) is 26.0 Å². The second-order valence-corrected chi connectivity index (χ2v) is 6.99. The Morgan fingerprint density at radius 3 is 2.65 bits per heavy atom. The zero-order chi connectivity index (χ0) is 16.4. The lowest BCUT2D eigenvalue weighted by Crippen LogP contribution is -3.03. The van der Waals surface area contributed by atoms with E-state index >= 15 is 0 Å².